The maximum Gasteiger partial charge on any atom is 0.155 e. The van der Waals surface area contributed by atoms with Crippen LogP contribution in [0.15, 0.2) is 18.5 Å². The van der Waals surface area contributed by atoms with Gasteiger partial charge in [-0.15, -0.1) is 0 Å². The summed E-state index contributed by atoms with van der Waals surface area (Å²) in [6.45, 7) is 2.86. The number of methoxy groups -OCH3 is 1. The Morgan fingerprint density at radius 2 is 2.24 bits per heavy atom. The number of hydrogen-bond acceptors (Lipinski definition) is 5. The molecule has 2 heterocycles. The normalized spacial score (nSPS) is 22.7. The van der Waals surface area contributed by atoms with Gasteiger partial charge in [-0.1, -0.05) is 13.3 Å². The summed E-state index contributed by atoms with van der Waals surface area (Å²) in [5.74, 6) is 0.948. The van der Waals surface area contributed by atoms with Crippen molar-refractivity contribution in [2.75, 3.05) is 19.4 Å². The van der Waals surface area contributed by atoms with E-state index in [1.165, 1.54) is 0 Å². The molecule has 0 spiro atoms. The molecule has 0 aromatic carbocycles. The average molecular weight is 312 g/mol. The Morgan fingerprint density at radius 3 is 2.90 bits per heavy atom. The Labute approximate surface area is 127 Å². The zero-order valence-electron chi connectivity index (χ0n) is 12.7. The average Bonchev–Trinajstić information content (AvgIpc) is 2.49. The number of pyridine rings is 1. The number of hydrogen-bond donors (Lipinski definition) is 1. The van der Waals surface area contributed by atoms with Crippen LogP contribution in [0.25, 0.3) is 0 Å². The molecule has 0 amide bonds. The summed E-state index contributed by atoms with van der Waals surface area (Å²) in [6, 6.07) is 1.67. The zero-order chi connectivity index (χ0) is 15.3. The Balaban J connectivity index is 2.32. The van der Waals surface area contributed by atoms with Crippen molar-refractivity contribution in [1.29, 1.82) is 0 Å². The second kappa shape index (κ2) is 7.22. The summed E-state index contributed by atoms with van der Waals surface area (Å²) in [4.78, 5) is 4.17. The van der Waals surface area contributed by atoms with Gasteiger partial charge in [-0.05, 0) is 37.4 Å². The van der Waals surface area contributed by atoms with Crippen LogP contribution in [0.5, 0.6) is 5.75 Å². The molecule has 118 valence electrons. The fourth-order valence-electron chi connectivity index (χ4n) is 2.83. The van der Waals surface area contributed by atoms with Gasteiger partial charge in [-0.25, -0.2) is 8.42 Å². The number of ether oxygens (including phenoxy) is 1. The van der Waals surface area contributed by atoms with Crippen molar-refractivity contribution in [2.45, 2.75) is 43.9 Å². The van der Waals surface area contributed by atoms with E-state index in [9.17, 15) is 8.42 Å². The van der Waals surface area contributed by atoms with Crippen molar-refractivity contribution in [3.63, 3.8) is 0 Å². The van der Waals surface area contributed by atoms with Crippen LogP contribution in [0, 0.1) is 0 Å². The first-order valence-corrected chi connectivity index (χ1v) is 9.24. The first-order valence-electron chi connectivity index (χ1n) is 7.52. The number of sulfone groups is 1. The van der Waals surface area contributed by atoms with Gasteiger partial charge < -0.3 is 10.1 Å². The summed E-state index contributed by atoms with van der Waals surface area (Å²) in [5, 5.41) is 3.02. The van der Waals surface area contributed by atoms with Gasteiger partial charge in [0.25, 0.3) is 0 Å². The Hall–Kier alpha value is -1.14. The second-order valence-electron chi connectivity index (χ2n) is 5.49. The molecule has 2 unspecified atom stereocenters. The third-order valence-electron chi connectivity index (χ3n) is 3.94. The van der Waals surface area contributed by atoms with Gasteiger partial charge in [0.1, 0.15) is 5.75 Å². The molecule has 1 saturated heterocycles. The van der Waals surface area contributed by atoms with Gasteiger partial charge in [0, 0.05) is 6.20 Å². The van der Waals surface area contributed by atoms with Crippen LogP contribution < -0.4 is 10.1 Å². The molecule has 2 atom stereocenters. The minimum Gasteiger partial charge on any atom is -0.495 e. The van der Waals surface area contributed by atoms with Crippen molar-refractivity contribution in [3.8, 4) is 5.75 Å². The molecule has 1 aliphatic rings. The number of rotatable bonds is 6. The van der Waals surface area contributed by atoms with E-state index < -0.39 is 9.84 Å². The predicted octanol–water partition coefficient (Wildman–Crippen LogP) is 2.10. The molecular weight excluding hydrogens is 288 g/mol. The van der Waals surface area contributed by atoms with Gasteiger partial charge in [0.15, 0.2) is 9.84 Å². The summed E-state index contributed by atoms with van der Waals surface area (Å²) < 4.78 is 30.1. The molecule has 0 bridgehead atoms. The van der Waals surface area contributed by atoms with Crippen LogP contribution in [0.2, 0.25) is 0 Å². The zero-order valence-corrected chi connectivity index (χ0v) is 13.5. The van der Waals surface area contributed by atoms with Crippen molar-refractivity contribution in [2.24, 2.45) is 0 Å². The molecule has 0 saturated carbocycles. The van der Waals surface area contributed by atoms with Crippen LogP contribution in [0.1, 0.15) is 44.2 Å². The molecule has 0 radical (unpaired) electrons. The molecule has 2 rings (SSSR count). The highest BCUT2D eigenvalue weighted by atomic mass is 32.2. The molecule has 1 aliphatic heterocycles. The molecule has 1 fully saturated rings. The minimum atomic E-state index is -3.05. The Kier molecular flexibility index (Phi) is 5.58. The van der Waals surface area contributed by atoms with Gasteiger partial charge in [0.05, 0.1) is 30.4 Å². The molecule has 21 heavy (non-hydrogen) atoms. The van der Waals surface area contributed by atoms with Crippen LogP contribution in [0.3, 0.4) is 0 Å². The Bertz CT molecular complexity index is 560. The molecule has 5 nitrogen and oxygen atoms in total. The summed E-state index contributed by atoms with van der Waals surface area (Å²) in [5.41, 5.74) is 0.887. The number of nitrogens with zero attached hydrogens (tertiary/aromatic N) is 1. The lowest BCUT2D eigenvalue weighted by atomic mass is 10.0. The summed E-state index contributed by atoms with van der Waals surface area (Å²) >= 11 is 0. The van der Waals surface area contributed by atoms with E-state index in [2.05, 4.69) is 17.2 Å². The third-order valence-corrected chi connectivity index (χ3v) is 6.23. The first kappa shape index (κ1) is 16.2. The van der Waals surface area contributed by atoms with Crippen molar-refractivity contribution in [1.82, 2.24) is 10.3 Å². The van der Waals surface area contributed by atoms with E-state index in [-0.39, 0.29) is 11.3 Å². The smallest absolute Gasteiger partial charge is 0.155 e. The largest absolute Gasteiger partial charge is 0.495 e. The number of aromatic nitrogens is 1. The highest BCUT2D eigenvalue weighted by molar-refractivity contribution is 7.92. The third kappa shape index (κ3) is 3.95. The molecule has 1 aromatic heterocycles. The van der Waals surface area contributed by atoms with Crippen LogP contribution in [-0.2, 0) is 9.84 Å². The van der Waals surface area contributed by atoms with Crippen LogP contribution in [0.4, 0.5) is 0 Å². The monoisotopic (exact) mass is 312 g/mol. The van der Waals surface area contributed by atoms with E-state index in [0.29, 0.717) is 17.9 Å². The number of nitrogens with one attached hydrogen (secondary N) is 1. The van der Waals surface area contributed by atoms with Crippen LogP contribution in [-0.4, -0.2) is 38.1 Å². The van der Waals surface area contributed by atoms with Gasteiger partial charge in [0.2, 0.25) is 0 Å². The van der Waals surface area contributed by atoms with E-state index in [1.807, 2.05) is 6.07 Å². The van der Waals surface area contributed by atoms with Gasteiger partial charge in [-0.3, -0.25) is 4.98 Å². The van der Waals surface area contributed by atoms with E-state index >= 15 is 0 Å². The van der Waals surface area contributed by atoms with Crippen molar-refractivity contribution >= 4 is 9.84 Å². The lowest BCUT2D eigenvalue weighted by Gasteiger charge is -2.31. The van der Waals surface area contributed by atoms with Crippen molar-refractivity contribution < 1.29 is 13.2 Å². The van der Waals surface area contributed by atoms with Crippen LogP contribution >= 0.6 is 0 Å². The van der Waals surface area contributed by atoms with E-state index in [4.69, 9.17) is 4.74 Å². The second-order valence-corrected chi connectivity index (χ2v) is 7.83. The van der Waals surface area contributed by atoms with Gasteiger partial charge >= 0.3 is 0 Å². The standard InChI is InChI=1S/C15H24N2O3S/c1-3-7-17-15(12-9-13(20-2)11-16-10-12)14-6-4-5-8-21(14,18)19/h9-11,14-15,17H,3-8H2,1-2H3. The first-order chi connectivity index (χ1) is 10.1. The fraction of sp³-hybridized carbons (Fsp3) is 0.667. The maximum atomic E-state index is 12.4. The highest BCUT2D eigenvalue weighted by Crippen LogP contribution is 2.31. The predicted molar refractivity (Wildman–Crippen MR) is 83.2 cm³/mol. The van der Waals surface area contributed by atoms with Gasteiger partial charge in [-0.2, -0.15) is 0 Å². The molecule has 1 aromatic rings. The maximum absolute atomic E-state index is 12.4. The summed E-state index contributed by atoms with van der Waals surface area (Å²) in [7, 11) is -1.46. The molecule has 6 heteroatoms. The minimum absolute atomic E-state index is 0.210. The SMILES string of the molecule is CCCNC(c1cncc(OC)c1)C1CCCCS1(=O)=O. The molecule has 1 N–H and O–H groups in total. The van der Waals surface area contributed by atoms with Crippen molar-refractivity contribution in [3.05, 3.63) is 24.0 Å². The fourth-order valence-corrected chi connectivity index (χ4v) is 4.94. The summed E-state index contributed by atoms with van der Waals surface area (Å²) in [6.07, 6.45) is 6.78. The quantitative estimate of drug-likeness (QED) is 0.871. The molecule has 0 aliphatic carbocycles. The lowest BCUT2D eigenvalue weighted by Crippen LogP contribution is -2.41. The molecular formula is C15H24N2O3S. The lowest BCUT2D eigenvalue weighted by molar-refractivity contribution is 0.407. The Morgan fingerprint density at radius 1 is 1.43 bits per heavy atom. The highest BCUT2D eigenvalue weighted by Gasteiger charge is 2.36. The van der Waals surface area contributed by atoms with E-state index in [1.54, 1.807) is 19.5 Å². The van der Waals surface area contributed by atoms with E-state index in [0.717, 1.165) is 31.4 Å². The topological polar surface area (TPSA) is 68.3 Å².